The molecular weight excluding hydrogens is 279 g/mol. The summed E-state index contributed by atoms with van der Waals surface area (Å²) in [5.41, 5.74) is 2.04. The van der Waals surface area contributed by atoms with Crippen LogP contribution in [0.5, 0.6) is 0 Å². The molecule has 6 heteroatoms. The molecule has 1 aliphatic heterocycles. The number of anilines is 2. The molecule has 3 rings (SSSR count). The van der Waals surface area contributed by atoms with Gasteiger partial charge < -0.3 is 5.32 Å². The van der Waals surface area contributed by atoms with Gasteiger partial charge in [-0.3, -0.25) is 10.0 Å². The smallest absolute Gasteiger partial charge is 0.211 e. The number of nitrogens with zero attached hydrogens (tertiary/aromatic N) is 1. The predicted octanol–water partition coefficient (Wildman–Crippen LogP) is 3.39. The molecule has 1 amide bonds. The standard InChI is InChI=1S/C14H11FN2O2S/c15-10-3-1-9(2-4-10)14-17(19)12-7-11(16-8-18)5-6-13(12)20-14/h1-8,14,19H,(H,16,18). The Balaban J connectivity index is 1.91. The van der Waals surface area contributed by atoms with Crippen LogP contribution in [0, 0.1) is 5.82 Å². The largest absolute Gasteiger partial charge is 0.329 e. The van der Waals surface area contributed by atoms with Crippen molar-refractivity contribution in [2.24, 2.45) is 0 Å². The Morgan fingerprint density at radius 1 is 1.25 bits per heavy atom. The van der Waals surface area contributed by atoms with E-state index in [0.717, 1.165) is 15.5 Å². The summed E-state index contributed by atoms with van der Waals surface area (Å²) in [6, 6.07) is 11.3. The fourth-order valence-corrected chi connectivity index (χ4v) is 3.25. The van der Waals surface area contributed by atoms with Crippen molar-refractivity contribution in [2.45, 2.75) is 10.3 Å². The van der Waals surface area contributed by atoms with E-state index < -0.39 is 0 Å². The average Bonchev–Trinajstić information content (AvgIpc) is 2.78. The lowest BCUT2D eigenvalue weighted by molar-refractivity contribution is -0.105. The first-order chi connectivity index (χ1) is 9.69. The second-order valence-electron chi connectivity index (χ2n) is 4.31. The van der Waals surface area contributed by atoms with Gasteiger partial charge in [-0.2, -0.15) is 0 Å². The number of amides is 1. The van der Waals surface area contributed by atoms with E-state index in [1.165, 1.54) is 23.9 Å². The van der Waals surface area contributed by atoms with Gasteiger partial charge in [0.25, 0.3) is 0 Å². The molecule has 0 saturated carbocycles. The minimum atomic E-state index is -0.322. The number of thioether (sulfide) groups is 1. The van der Waals surface area contributed by atoms with Crippen molar-refractivity contribution in [3.8, 4) is 0 Å². The third-order valence-electron chi connectivity index (χ3n) is 3.05. The summed E-state index contributed by atoms with van der Waals surface area (Å²) in [6.07, 6.45) is 0.586. The van der Waals surface area contributed by atoms with Crippen molar-refractivity contribution >= 4 is 29.5 Å². The van der Waals surface area contributed by atoms with Crippen LogP contribution in [-0.4, -0.2) is 11.6 Å². The first-order valence-corrected chi connectivity index (χ1v) is 6.81. The second-order valence-corrected chi connectivity index (χ2v) is 5.43. The SMILES string of the molecule is O=CNc1ccc2c(c1)N(O)C(c1ccc(F)cc1)S2. The topological polar surface area (TPSA) is 52.6 Å². The quantitative estimate of drug-likeness (QED) is 0.851. The van der Waals surface area contributed by atoms with Crippen molar-refractivity contribution in [2.75, 3.05) is 10.4 Å². The van der Waals surface area contributed by atoms with Crippen LogP contribution in [0.1, 0.15) is 10.9 Å². The zero-order chi connectivity index (χ0) is 14.1. The van der Waals surface area contributed by atoms with Gasteiger partial charge in [0, 0.05) is 10.6 Å². The van der Waals surface area contributed by atoms with Crippen molar-refractivity contribution in [1.82, 2.24) is 0 Å². The molecule has 4 nitrogen and oxygen atoms in total. The summed E-state index contributed by atoms with van der Waals surface area (Å²) in [5, 5.41) is 13.6. The van der Waals surface area contributed by atoms with Crippen LogP contribution in [0.2, 0.25) is 0 Å². The first kappa shape index (κ1) is 13.0. The van der Waals surface area contributed by atoms with E-state index in [4.69, 9.17) is 0 Å². The van der Waals surface area contributed by atoms with E-state index in [9.17, 15) is 14.4 Å². The summed E-state index contributed by atoms with van der Waals surface area (Å²) < 4.78 is 12.9. The summed E-state index contributed by atoms with van der Waals surface area (Å²) in [5.74, 6) is -0.309. The molecule has 2 aromatic carbocycles. The molecular formula is C14H11FN2O2S. The molecule has 0 spiro atoms. The molecule has 0 aromatic heterocycles. The van der Waals surface area contributed by atoms with Crippen LogP contribution in [0.4, 0.5) is 15.8 Å². The van der Waals surface area contributed by atoms with Crippen LogP contribution in [0.25, 0.3) is 0 Å². The zero-order valence-corrected chi connectivity index (χ0v) is 11.1. The maximum absolute atomic E-state index is 12.9. The highest BCUT2D eigenvalue weighted by Crippen LogP contribution is 2.50. The number of fused-ring (bicyclic) bond motifs is 1. The second kappa shape index (κ2) is 5.15. The lowest BCUT2D eigenvalue weighted by atomic mass is 10.2. The molecule has 0 fully saturated rings. The fourth-order valence-electron chi connectivity index (χ4n) is 2.09. The van der Waals surface area contributed by atoms with Crippen molar-refractivity contribution in [3.05, 3.63) is 53.8 Å². The number of nitrogens with one attached hydrogen (secondary N) is 1. The van der Waals surface area contributed by atoms with E-state index in [1.807, 2.05) is 6.07 Å². The van der Waals surface area contributed by atoms with Crippen LogP contribution in [0.15, 0.2) is 47.4 Å². The molecule has 0 bridgehead atoms. The van der Waals surface area contributed by atoms with Gasteiger partial charge in [0.05, 0.1) is 5.69 Å². The van der Waals surface area contributed by atoms with Crippen LogP contribution >= 0.6 is 11.8 Å². The third-order valence-corrected chi connectivity index (χ3v) is 4.34. The first-order valence-electron chi connectivity index (χ1n) is 5.93. The number of halogens is 1. The Morgan fingerprint density at radius 2 is 2.00 bits per heavy atom. The molecule has 2 N–H and O–H groups in total. The summed E-state index contributed by atoms with van der Waals surface area (Å²) >= 11 is 1.47. The van der Waals surface area contributed by atoms with E-state index in [-0.39, 0.29) is 11.2 Å². The number of hydrogen-bond donors (Lipinski definition) is 2. The maximum Gasteiger partial charge on any atom is 0.211 e. The lowest BCUT2D eigenvalue weighted by Crippen LogP contribution is -2.18. The van der Waals surface area contributed by atoms with E-state index in [1.54, 1.807) is 24.3 Å². The summed E-state index contributed by atoms with van der Waals surface area (Å²) in [7, 11) is 0. The number of hydrogen-bond acceptors (Lipinski definition) is 4. The van der Waals surface area contributed by atoms with Crippen molar-refractivity contribution in [3.63, 3.8) is 0 Å². The van der Waals surface area contributed by atoms with Gasteiger partial charge in [-0.1, -0.05) is 23.9 Å². The Morgan fingerprint density at radius 3 is 2.70 bits per heavy atom. The normalized spacial score (nSPS) is 16.9. The zero-order valence-electron chi connectivity index (χ0n) is 10.3. The predicted molar refractivity (Wildman–Crippen MR) is 75.4 cm³/mol. The third kappa shape index (κ3) is 2.23. The molecule has 20 heavy (non-hydrogen) atoms. The van der Waals surface area contributed by atoms with Crippen LogP contribution in [0.3, 0.4) is 0 Å². The van der Waals surface area contributed by atoms with Crippen LogP contribution in [-0.2, 0) is 4.79 Å². The molecule has 0 aliphatic carbocycles. The van der Waals surface area contributed by atoms with Gasteiger partial charge in [-0.25, -0.2) is 9.45 Å². The number of carbonyl (C=O) groups excluding carboxylic acids is 1. The number of benzene rings is 2. The molecule has 1 heterocycles. The maximum atomic E-state index is 12.9. The number of carbonyl (C=O) groups is 1. The molecule has 102 valence electrons. The van der Waals surface area contributed by atoms with Gasteiger partial charge in [0.15, 0.2) is 0 Å². The van der Waals surface area contributed by atoms with Gasteiger partial charge in [-0.05, 0) is 35.9 Å². The Bertz CT molecular complexity index is 648. The Hall–Kier alpha value is -2.05. The lowest BCUT2D eigenvalue weighted by Gasteiger charge is -2.19. The molecule has 1 aliphatic rings. The molecule has 0 saturated heterocycles. The molecule has 2 aromatic rings. The van der Waals surface area contributed by atoms with Gasteiger partial charge >= 0.3 is 0 Å². The molecule has 1 atom stereocenters. The highest BCUT2D eigenvalue weighted by molar-refractivity contribution is 8.00. The van der Waals surface area contributed by atoms with Crippen molar-refractivity contribution < 1.29 is 14.4 Å². The van der Waals surface area contributed by atoms with Gasteiger partial charge in [-0.15, -0.1) is 0 Å². The number of hydroxylamine groups is 1. The Labute approximate surface area is 119 Å². The monoisotopic (exact) mass is 290 g/mol. The highest BCUT2D eigenvalue weighted by atomic mass is 32.2. The Kier molecular flexibility index (Phi) is 3.33. The van der Waals surface area contributed by atoms with E-state index in [0.29, 0.717) is 17.8 Å². The van der Waals surface area contributed by atoms with E-state index >= 15 is 0 Å². The fraction of sp³-hybridized carbons (Fsp3) is 0.0714. The average molecular weight is 290 g/mol. The van der Waals surface area contributed by atoms with Crippen LogP contribution < -0.4 is 10.4 Å². The minimum Gasteiger partial charge on any atom is -0.329 e. The number of rotatable bonds is 3. The summed E-state index contributed by atoms with van der Waals surface area (Å²) in [4.78, 5) is 11.3. The van der Waals surface area contributed by atoms with Crippen molar-refractivity contribution in [1.29, 1.82) is 0 Å². The van der Waals surface area contributed by atoms with E-state index in [2.05, 4.69) is 5.32 Å². The summed E-state index contributed by atoms with van der Waals surface area (Å²) in [6.45, 7) is 0. The minimum absolute atomic E-state index is 0.309. The highest BCUT2D eigenvalue weighted by Gasteiger charge is 2.30. The van der Waals surface area contributed by atoms with Gasteiger partial charge in [0.1, 0.15) is 11.2 Å². The van der Waals surface area contributed by atoms with Gasteiger partial charge in [0.2, 0.25) is 6.41 Å². The molecule has 1 unspecified atom stereocenters. The molecule has 0 radical (unpaired) electrons.